The Kier molecular flexibility index (Phi) is 6.61. The van der Waals surface area contributed by atoms with Crippen LogP contribution in [0.1, 0.15) is 28.8 Å². The molecule has 0 atom stereocenters. The van der Waals surface area contributed by atoms with Crippen molar-refractivity contribution in [2.75, 3.05) is 11.1 Å². The van der Waals surface area contributed by atoms with E-state index in [2.05, 4.69) is 27.5 Å². The lowest BCUT2D eigenvalue weighted by Gasteiger charge is -2.13. The molecule has 1 aliphatic rings. The molecule has 1 aromatic carbocycles. The van der Waals surface area contributed by atoms with E-state index in [9.17, 15) is 4.79 Å². The first kappa shape index (κ1) is 21.2. The van der Waals surface area contributed by atoms with Crippen molar-refractivity contribution in [1.82, 2.24) is 14.8 Å². The molecule has 4 rings (SSSR count). The van der Waals surface area contributed by atoms with Crippen LogP contribution in [0.4, 0.5) is 5.69 Å². The maximum absolute atomic E-state index is 12.5. The third-order valence-electron chi connectivity index (χ3n) is 5.14. The molecule has 1 aliphatic carbocycles. The minimum Gasteiger partial charge on any atom is -0.325 e. The third-order valence-corrected chi connectivity index (χ3v) is 7.43. The number of fused-ring (bicyclic) bond motifs is 1. The van der Waals surface area contributed by atoms with Crippen LogP contribution >= 0.6 is 34.7 Å². The summed E-state index contributed by atoms with van der Waals surface area (Å²) in [4.78, 5) is 14.0. The minimum absolute atomic E-state index is 0.104. The van der Waals surface area contributed by atoms with Crippen molar-refractivity contribution >= 4 is 46.3 Å². The smallest absolute Gasteiger partial charge is 0.234 e. The highest BCUT2D eigenvalue weighted by Crippen LogP contribution is 2.36. The van der Waals surface area contributed by atoms with Gasteiger partial charge in [0.1, 0.15) is 0 Å². The van der Waals surface area contributed by atoms with E-state index in [0.717, 1.165) is 35.1 Å². The Morgan fingerprint density at radius 1 is 1.37 bits per heavy atom. The van der Waals surface area contributed by atoms with Gasteiger partial charge in [0.15, 0.2) is 11.0 Å². The summed E-state index contributed by atoms with van der Waals surface area (Å²) in [6.07, 6.45) is 6.57. The molecule has 8 heteroatoms. The lowest BCUT2D eigenvalue weighted by atomic mass is 9.95. The molecule has 0 bridgehead atoms. The summed E-state index contributed by atoms with van der Waals surface area (Å²) in [7, 11) is 0. The van der Waals surface area contributed by atoms with Gasteiger partial charge in [0.2, 0.25) is 5.91 Å². The molecule has 0 unspecified atom stereocenters. The van der Waals surface area contributed by atoms with Crippen molar-refractivity contribution in [3.8, 4) is 11.4 Å². The predicted octanol–water partition coefficient (Wildman–Crippen LogP) is 5.76. The second-order valence-electron chi connectivity index (χ2n) is 7.26. The van der Waals surface area contributed by atoms with Crippen LogP contribution in [0.2, 0.25) is 5.02 Å². The molecular formula is C22H23ClN4OS2. The lowest BCUT2D eigenvalue weighted by Crippen LogP contribution is -2.15. The van der Waals surface area contributed by atoms with Gasteiger partial charge in [-0.2, -0.15) is 0 Å². The Labute approximate surface area is 189 Å². The largest absolute Gasteiger partial charge is 0.325 e. The zero-order chi connectivity index (χ0) is 21.1. The molecule has 2 heterocycles. The molecule has 3 aromatic rings. The molecule has 0 saturated carbocycles. The molecule has 2 aromatic heterocycles. The summed E-state index contributed by atoms with van der Waals surface area (Å²) in [5.74, 6) is 0.999. The van der Waals surface area contributed by atoms with Crippen LogP contribution in [0.3, 0.4) is 0 Å². The van der Waals surface area contributed by atoms with Crippen molar-refractivity contribution in [3.05, 3.63) is 57.3 Å². The number of carbonyl (C=O) groups is 1. The Hall–Kier alpha value is -2.09. The number of nitrogens with one attached hydrogen (secondary N) is 1. The van der Waals surface area contributed by atoms with E-state index in [4.69, 9.17) is 11.6 Å². The predicted molar refractivity (Wildman–Crippen MR) is 126 cm³/mol. The molecule has 1 amide bonds. The maximum atomic E-state index is 12.5. The van der Waals surface area contributed by atoms with Gasteiger partial charge < -0.3 is 5.32 Å². The number of hydrogen-bond donors (Lipinski definition) is 1. The van der Waals surface area contributed by atoms with E-state index in [-0.39, 0.29) is 11.7 Å². The molecule has 156 valence electrons. The van der Waals surface area contributed by atoms with Crippen molar-refractivity contribution in [1.29, 1.82) is 0 Å². The molecule has 0 fully saturated rings. The summed E-state index contributed by atoms with van der Waals surface area (Å²) in [6.45, 7) is 6.42. The summed E-state index contributed by atoms with van der Waals surface area (Å²) in [6, 6.07) is 5.46. The van der Waals surface area contributed by atoms with Crippen LogP contribution < -0.4 is 5.32 Å². The van der Waals surface area contributed by atoms with Gasteiger partial charge in [-0.3, -0.25) is 9.36 Å². The molecule has 5 nitrogen and oxygen atoms in total. The van der Waals surface area contributed by atoms with Gasteiger partial charge in [0.05, 0.1) is 5.75 Å². The van der Waals surface area contributed by atoms with Gasteiger partial charge in [-0.05, 0) is 55.9 Å². The van der Waals surface area contributed by atoms with Crippen LogP contribution in [0.25, 0.3) is 11.4 Å². The SMILES string of the molecule is C=CCn1c(SCC(=O)Nc2cc(Cl)ccc2C)nnc1-c1csc2c1CCCC2. The summed E-state index contributed by atoms with van der Waals surface area (Å²) in [5, 5.41) is 15.3. The van der Waals surface area contributed by atoms with Crippen LogP contribution in [-0.4, -0.2) is 26.4 Å². The minimum atomic E-state index is -0.104. The van der Waals surface area contributed by atoms with E-state index in [1.165, 1.54) is 40.6 Å². The molecule has 1 N–H and O–H groups in total. The van der Waals surface area contributed by atoms with Gasteiger partial charge in [-0.25, -0.2) is 0 Å². The first-order valence-electron chi connectivity index (χ1n) is 9.89. The van der Waals surface area contributed by atoms with Crippen molar-refractivity contribution in [3.63, 3.8) is 0 Å². The number of anilines is 1. The zero-order valence-electron chi connectivity index (χ0n) is 16.8. The van der Waals surface area contributed by atoms with Crippen molar-refractivity contribution in [2.45, 2.75) is 44.3 Å². The van der Waals surface area contributed by atoms with Crippen LogP contribution in [0.5, 0.6) is 0 Å². The lowest BCUT2D eigenvalue weighted by molar-refractivity contribution is -0.113. The van der Waals surface area contributed by atoms with Gasteiger partial charge in [0, 0.05) is 33.1 Å². The number of aryl methyl sites for hydroxylation is 2. The van der Waals surface area contributed by atoms with Crippen molar-refractivity contribution in [2.24, 2.45) is 0 Å². The number of thioether (sulfide) groups is 1. The van der Waals surface area contributed by atoms with E-state index >= 15 is 0 Å². The number of halogens is 1. The highest BCUT2D eigenvalue weighted by molar-refractivity contribution is 7.99. The van der Waals surface area contributed by atoms with Gasteiger partial charge in [0.25, 0.3) is 0 Å². The highest BCUT2D eigenvalue weighted by atomic mass is 35.5. The molecule has 0 saturated heterocycles. The average molecular weight is 459 g/mol. The second kappa shape index (κ2) is 9.37. The fraction of sp³-hybridized carbons (Fsp3) is 0.318. The maximum Gasteiger partial charge on any atom is 0.234 e. The Balaban J connectivity index is 1.51. The Morgan fingerprint density at radius 3 is 3.03 bits per heavy atom. The number of benzene rings is 1. The third kappa shape index (κ3) is 4.48. The van der Waals surface area contributed by atoms with Crippen molar-refractivity contribution < 1.29 is 4.79 Å². The fourth-order valence-corrected chi connectivity index (χ4v) is 5.66. The molecule has 30 heavy (non-hydrogen) atoms. The number of carbonyl (C=O) groups excluding carboxylic acids is 1. The first-order valence-corrected chi connectivity index (χ1v) is 12.1. The normalized spacial score (nSPS) is 13.1. The quantitative estimate of drug-likeness (QED) is 0.361. The topological polar surface area (TPSA) is 59.8 Å². The standard InChI is InChI=1S/C22H23ClN4OS2/c1-3-10-27-21(17-12-29-19-7-5-4-6-16(17)19)25-26-22(27)30-13-20(28)24-18-11-15(23)9-8-14(18)2/h3,8-9,11-12H,1,4-7,10,13H2,2H3,(H,24,28). The van der Waals surface area contributed by atoms with Crippen LogP contribution in [0, 0.1) is 6.92 Å². The zero-order valence-corrected chi connectivity index (χ0v) is 19.2. The van der Waals surface area contributed by atoms with E-state index in [1.807, 2.05) is 41.0 Å². The number of allylic oxidation sites excluding steroid dienone is 1. The molecule has 0 radical (unpaired) electrons. The number of rotatable bonds is 7. The van der Waals surface area contributed by atoms with E-state index < -0.39 is 0 Å². The number of nitrogens with zero attached hydrogens (tertiary/aromatic N) is 3. The molecule has 0 aliphatic heterocycles. The van der Waals surface area contributed by atoms with Gasteiger partial charge in [-0.15, -0.1) is 28.1 Å². The van der Waals surface area contributed by atoms with Gasteiger partial charge in [-0.1, -0.05) is 35.5 Å². The van der Waals surface area contributed by atoms with Crippen LogP contribution in [0.15, 0.2) is 41.4 Å². The highest BCUT2D eigenvalue weighted by Gasteiger charge is 2.22. The van der Waals surface area contributed by atoms with E-state index in [0.29, 0.717) is 11.6 Å². The number of amides is 1. The summed E-state index contributed by atoms with van der Waals surface area (Å²) in [5.41, 5.74) is 4.29. The summed E-state index contributed by atoms with van der Waals surface area (Å²) >= 11 is 9.24. The molecule has 0 spiro atoms. The first-order chi connectivity index (χ1) is 14.6. The number of hydrogen-bond acceptors (Lipinski definition) is 5. The van der Waals surface area contributed by atoms with E-state index in [1.54, 1.807) is 6.07 Å². The Morgan fingerprint density at radius 2 is 2.20 bits per heavy atom. The van der Waals surface area contributed by atoms with Gasteiger partial charge >= 0.3 is 0 Å². The fourth-order valence-electron chi connectivity index (χ4n) is 3.62. The van der Waals surface area contributed by atoms with Crippen LogP contribution in [-0.2, 0) is 24.2 Å². The Bertz CT molecular complexity index is 1090. The monoisotopic (exact) mass is 458 g/mol. The number of thiophene rings is 1. The second-order valence-corrected chi connectivity index (χ2v) is 9.60. The average Bonchev–Trinajstić information content (AvgIpc) is 3.33. The summed E-state index contributed by atoms with van der Waals surface area (Å²) < 4.78 is 2.05. The number of aromatic nitrogens is 3. The molecular weight excluding hydrogens is 436 g/mol.